The van der Waals surface area contributed by atoms with Gasteiger partial charge in [-0.25, -0.2) is 9.29 Å². The topological polar surface area (TPSA) is 74.6 Å². The van der Waals surface area contributed by atoms with Crippen molar-refractivity contribution in [2.45, 2.75) is 13.8 Å². The minimum Gasteiger partial charge on any atom is -0.508 e. The molecule has 1 saturated heterocycles. The molecule has 0 radical (unpaired) electrons. The fraction of sp³-hybridized carbons (Fsp3) is 0.0870. The molecule has 2 amide bonds. The highest BCUT2D eigenvalue weighted by Crippen LogP contribution is 2.27. The number of benzene rings is 2. The third-order valence-corrected chi connectivity index (χ3v) is 5.36. The number of aromatic hydroxyl groups is 1. The number of halogens is 1. The van der Waals surface area contributed by atoms with E-state index in [-0.39, 0.29) is 22.1 Å². The molecule has 0 atom stereocenters. The number of amides is 2. The van der Waals surface area contributed by atoms with Crippen molar-refractivity contribution in [1.82, 2.24) is 9.88 Å². The number of nitrogens with one attached hydrogen (secondary N) is 1. The van der Waals surface area contributed by atoms with E-state index in [4.69, 9.17) is 12.2 Å². The van der Waals surface area contributed by atoms with Crippen LogP contribution in [0.15, 0.2) is 60.2 Å². The van der Waals surface area contributed by atoms with Crippen molar-refractivity contribution in [3.63, 3.8) is 0 Å². The number of nitrogens with zero attached hydrogens (tertiary/aromatic N) is 2. The number of phenols is 1. The fourth-order valence-corrected chi connectivity index (χ4v) is 3.87. The van der Waals surface area contributed by atoms with Crippen LogP contribution >= 0.6 is 12.2 Å². The lowest BCUT2D eigenvalue weighted by molar-refractivity contribution is -0.122. The summed E-state index contributed by atoms with van der Waals surface area (Å²) < 4.78 is 16.2. The smallest absolute Gasteiger partial charge is 0.270 e. The van der Waals surface area contributed by atoms with Crippen LogP contribution in [0.3, 0.4) is 0 Å². The van der Waals surface area contributed by atoms with Crippen molar-refractivity contribution in [2.75, 3.05) is 4.90 Å². The molecule has 0 unspecified atom stereocenters. The van der Waals surface area contributed by atoms with Gasteiger partial charge in [0.1, 0.15) is 17.1 Å². The number of thiocarbonyl (C=S) groups is 1. The molecule has 2 heterocycles. The van der Waals surface area contributed by atoms with Gasteiger partial charge in [-0.2, -0.15) is 0 Å². The van der Waals surface area contributed by atoms with Gasteiger partial charge >= 0.3 is 0 Å². The number of hydrogen-bond acceptors (Lipinski definition) is 4. The molecular weight excluding hydrogens is 417 g/mol. The van der Waals surface area contributed by atoms with Gasteiger partial charge in [0.2, 0.25) is 0 Å². The number of rotatable bonds is 3. The summed E-state index contributed by atoms with van der Waals surface area (Å²) in [5.41, 5.74) is 2.97. The van der Waals surface area contributed by atoms with Gasteiger partial charge in [0.25, 0.3) is 11.8 Å². The highest BCUT2D eigenvalue weighted by atomic mass is 32.1. The molecule has 156 valence electrons. The average Bonchev–Trinajstić information content (AvgIpc) is 3.00. The van der Waals surface area contributed by atoms with Gasteiger partial charge < -0.3 is 9.67 Å². The second kappa shape index (κ2) is 7.81. The van der Waals surface area contributed by atoms with Gasteiger partial charge in [0, 0.05) is 17.1 Å². The zero-order valence-electron chi connectivity index (χ0n) is 16.7. The molecule has 6 nitrogen and oxygen atoms in total. The Labute approximate surface area is 183 Å². The van der Waals surface area contributed by atoms with E-state index in [0.717, 1.165) is 22.0 Å². The Morgan fingerprint density at radius 2 is 1.74 bits per heavy atom. The lowest BCUT2D eigenvalue weighted by Gasteiger charge is -2.29. The second-order valence-corrected chi connectivity index (χ2v) is 7.47. The Bertz CT molecular complexity index is 1260. The summed E-state index contributed by atoms with van der Waals surface area (Å²) in [6, 6.07) is 14.3. The summed E-state index contributed by atoms with van der Waals surface area (Å²) in [5, 5.41) is 11.8. The molecule has 0 aliphatic carbocycles. The maximum Gasteiger partial charge on any atom is 0.270 e. The lowest BCUT2D eigenvalue weighted by Crippen LogP contribution is -2.54. The van der Waals surface area contributed by atoms with Gasteiger partial charge in [-0.05, 0) is 80.2 Å². The Balaban J connectivity index is 1.77. The first-order valence-electron chi connectivity index (χ1n) is 9.42. The Morgan fingerprint density at radius 3 is 2.42 bits per heavy atom. The summed E-state index contributed by atoms with van der Waals surface area (Å²) in [4.78, 5) is 26.7. The van der Waals surface area contributed by atoms with Crippen LogP contribution in [-0.2, 0) is 9.59 Å². The lowest BCUT2D eigenvalue weighted by atomic mass is 10.1. The maximum absolute atomic E-state index is 14.3. The third kappa shape index (κ3) is 3.62. The number of phenolic OH excluding ortho intramolecular Hbond substituents is 1. The maximum atomic E-state index is 14.3. The minimum atomic E-state index is -0.701. The van der Waals surface area contributed by atoms with Crippen molar-refractivity contribution in [2.24, 2.45) is 0 Å². The fourth-order valence-electron chi connectivity index (χ4n) is 3.60. The second-order valence-electron chi connectivity index (χ2n) is 7.09. The highest BCUT2D eigenvalue weighted by Gasteiger charge is 2.35. The normalized spacial score (nSPS) is 15.5. The predicted molar refractivity (Wildman–Crippen MR) is 120 cm³/mol. The van der Waals surface area contributed by atoms with E-state index in [1.54, 1.807) is 30.3 Å². The number of anilines is 1. The number of carbonyl (C=O) groups is 2. The highest BCUT2D eigenvalue weighted by molar-refractivity contribution is 7.80. The SMILES string of the molecule is Cc1cc(/C=C2\C(=O)NC(=S)N(c3ccccc3F)C2=O)c(C)n1-c1ccc(O)cc1. The minimum absolute atomic E-state index is 0.0297. The summed E-state index contributed by atoms with van der Waals surface area (Å²) in [6.45, 7) is 3.75. The molecule has 8 heteroatoms. The quantitative estimate of drug-likeness (QED) is 0.373. The van der Waals surface area contributed by atoms with Gasteiger partial charge in [-0.1, -0.05) is 12.1 Å². The zero-order valence-corrected chi connectivity index (χ0v) is 17.5. The third-order valence-electron chi connectivity index (χ3n) is 5.07. The molecule has 1 aromatic heterocycles. The summed E-state index contributed by atoms with van der Waals surface area (Å²) in [7, 11) is 0. The van der Waals surface area contributed by atoms with Crippen LogP contribution in [0.2, 0.25) is 0 Å². The molecule has 1 fully saturated rings. The molecule has 1 aliphatic heterocycles. The predicted octanol–water partition coefficient (Wildman–Crippen LogP) is 3.77. The summed E-state index contributed by atoms with van der Waals surface area (Å²) >= 11 is 5.12. The average molecular weight is 435 g/mol. The van der Waals surface area contributed by atoms with Gasteiger partial charge in [0.15, 0.2) is 5.11 Å². The molecule has 1 aliphatic rings. The first-order valence-corrected chi connectivity index (χ1v) is 9.83. The molecular formula is C23H18FN3O3S. The molecule has 2 aromatic carbocycles. The van der Waals surface area contributed by atoms with Gasteiger partial charge in [-0.15, -0.1) is 0 Å². The molecule has 2 N–H and O–H groups in total. The van der Waals surface area contributed by atoms with E-state index >= 15 is 0 Å². The van der Waals surface area contributed by atoms with Crippen LogP contribution in [0, 0.1) is 19.7 Å². The number of aryl methyl sites for hydroxylation is 1. The number of aromatic nitrogens is 1. The number of para-hydroxylation sites is 1. The van der Waals surface area contributed by atoms with E-state index in [2.05, 4.69) is 5.32 Å². The first kappa shape index (κ1) is 20.5. The largest absolute Gasteiger partial charge is 0.508 e. The van der Waals surface area contributed by atoms with E-state index in [0.29, 0.717) is 5.56 Å². The standard InChI is InChI=1S/C23H18FN3O3S/c1-13-11-15(14(2)26(13)16-7-9-17(28)10-8-16)12-18-21(29)25-23(31)27(22(18)30)20-6-4-3-5-19(20)24/h3-12,28H,1-2H3,(H,25,29,31)/b18-12+. The van der Waals surface area contributed by atoms with Crippen LogP contribution in [0.4, 0.5) is 10.1 Å². The summed E-state index contributed by atoms with van der Waals surface area (Å²) in [6.07, 6.45) is 1.48. The van der Waals surface area contributed by atoms with E-state index in [1.807, 2.05) is 24.5 Å². The number of carbonyl (C=O) groups excluding carboxylic acids is 2. The molecule has 0 bridgehead atoms. The van der Waals surface area contributed by atoms with Crippen LogP contribution in [-0.4, -0.2) is 26.6 Å². The molecule has 0 saturated carbocycles. The Morgan fingerprint density at radius 1 is 1.06 bits per heavy atom. The monoisotopic (exact) mass is 435 g/mol. The van der Waals surface area contributed by atoms with Crippen molar-refractivity contribution in [3.8, 4) is 11.4 Å². The van der Waals surface area contributed by atoms with Gasteiger partial charge in [-0.3, -0.25) is 14.9 Å². The van der Waals surface area contributed by atoms with Crippen LogP contribution < -0.4 is 10.2 Å². The zero-order chi connectivity index (χ0) is 22.3. The van der Waals surface area contributed by atoms with Crippen molar-refractivity contribution < 1.29 is 19.1 Å². The van der Waals surface area contributed by atoms with E-state index in [1.165, 1.54) is 24.3 Å². The molecule has 4 rings (SSSR count). The Kier molecular flexibility index (Phi) is 5.16. The number of hydrogen-bond donors (Lipinski definition) is 2. The van der Waals surface area contributed by atoms with E-state index in [9.17, 15) is 19.1 Å². The van der Waals surface area contributed by atoms with Crippen molar-refractivity contribution in [3.05, 3.63) is 82.9 Å². The van der Waals surface area contributed by atoms with E-state index < -0.39 is 17.6 Å². The molecule has 31 heavy (non-hydrogen) atoms. The summed E-state index contributed by atoms with van der Waals surface area (Å²) in [5.74, 6) is -1.81. The molecule has 3 aromatic rings. The van der Waals surface area contributed by atoms with Crippen LogP contribution in [0.1, 0.15) is 17.0 Å². The van der Waals surface area contributed by atoms with Gasteiger partial charge in [0.05, 0.1) is 5.69 Å². The van der Waals surface area contributed by atoms with Crippen LogP contribution in [0.25, 0.3) is 11.8 Å². The molecule has 0 spiro atoms. The van der Waals surface area contributed by atoms with Crippen molar-refractivity contribution in [1.29, 1.82) is 0 Å². The van der Waals surface area contributed by atoms with Crippen LogP contribution in [0.5, 0.6) is 5.75 Å². The van der Waals surface area contributed by atoms with Crippen molar-refractivity contribution >= 4 is 40.9 Å². The first-order chi connectivity index (χ1) is 14.8. The Hall–Kier alpha value is -3.78.